The van der Waals surface area contributed by atoms with Gasteiger partial charge in [0.05, 0.1) is 28.0 Å². The molecule has 4 nitrogen and oxygen atoms in total. The molecule has 1 aliphatic heterocycles. The quantitative estimate of drug-likeness (QED) is 0.556. The van der Waals surface area contributed by atoms with Crippen molar-refractivity contribution in [3.63, 3.8) is 0 Å². The molecular formula is C22H26BrClN2O2. The zero-order valence-corrected chi connectivity index (χ0v) is 18.8. The summed E-state index contributed by atoms with van der Waals surface area (Å²) < 4.78 is 8.74. The lowest BCUT2D eigenvalue weighted by Gasteiger charge is -2.38. The zero-order valence-electron chi connectivity index (χ0n) is 16.5. The van der Waals surface area contributed by atoms with Gasteiger partial charge in [0.2, 0.25) is 0 Å². The van der Waals surface area contributed by atoms with Crippen molar-refractivity contribution in [1.29, 1.82) is 0 Å². The third kappa shape index (κ3) is 3.31. The fraction of sp³-hybridized carbons (Fsp3) is 0.500. The summed E-state index contributed by atoms with van der Waals surface area (Å²) in [6.07, 6.45) is 4.25. The smallest absolute Gasteiger partial charge is 0.256 e. The second kappa shape index (κ2) is 7.85. The van der Waals surface area contributed by atoms with E-state index in [-0.39, 0.29) is 24.0 Å². The summed E-state index contributed by atoms with van der Waals surface area (Å²) >= 11 is 9.81. The Morgan fingerprint density at radius 1 is 1.14 bits per heavy atom. The van der Waals surface area contributed by atoms with Gasteiger partial charge in [-0.2, -0.15) is 0 Å². The third-order valence-corrected chi connectivity index (χ3v) is 6.97. The molecule has 1 aromatic carbocycles. The number of aromatic nitrogens is 1. The summed E-state index contributed by atoms with van der Waals surface area (Å²) in [5.41, 5.74) is 3.01. The molecule has 0 spiro atoms. The van der Waals surface area contributed by atoms with Gasteiger partial charge in [-0.3, -0.25) is 4.79 Å². The van der Waals surface area contributed by atoms with E-state index in [1.807, 2.05) is 18.2 Å². The van der Waals surface area contributed by atoms with Gasteiger partial charge in [0.25, 0.3) is 5.91 Å². The Balaban J connectivity index is 1.79. The van der Waals surface area contributed by atoms with E-state index in [1.165, 1.54) is 0 Å². The first-order valence-electron chi connectivity index (χ1n) is 9.94. The molecule has 1 amide bonds. The Kier molecular flexibility index (Phi) is 5.60. The number of fused-ring (bicyclic) bond motifs is 1. The molecule has 0 saturated heterocycles. The molecule has 2 heterocycles. The SMILES string of the molecule is CO[C@H]1CC[C@H](N2C(=O)c3cc(Br)n(C(C)C)c3C2c2ccc(Cl)cc2)CC1. The molecular weight excluding hydrogens is 440 g/mol. The maximum atomic E-state index is 13.5. The minimum atomic E-state index is -0.0856. The first-order valence-corrected chi connectivity index (χ1v) is 11.1. The van der Waals surface area contributed by atoms with Crippen molar-refractivity contribution < 1.29 is 9.53 Å². The predicted molar refractivity (Wildman–Crippen MR) is 115 cm³/mol. The van der Waals surface area contributed by atoms with Gasteiger partial charge in [-0.25, -0.2) is 0 Å². The minimum absolute atomic E-state index is 0.0856. The molecule has 4 rings (SSSR count). The van der Waals surface area contributed by atoms with Crippen LogP contribution >= 0.6 is 27.5 Å². The fourth-order valence-electron chi connectivity index (χ4n) is 4.77. The van der Waals surface area contributed by atoms with Crippen LogP contribution < -0.4 is 0 Å². The van der Waals surface area contributed by atoms with Gasteiger partial charge < -0.3 is 14.2 Å². The van der Waals surface area contributed by atoms with Gasteiger partial charge in [-0.15, -0.1) is 0 Å². The first-order chi connectivity index (χ1) is 13.4. The van der Waals surface area contributed by atoms with Crippen molar-refractivity contribution in [2.75, 3.05) is 7.11 Å². The molecule has 0 bridgehead atoms. The van der Waals surface area contributed by atoms with Crippen LogP contribution in [-0.2, 0) is 4.74 Å². The lowest BCUT2D eigenvalue weighted by molar-refractivity contribution is 0.0294. The molecule has 28 heavy (non-hydrogen) atoms. The summed E-state index contributed by atoms with van der Waals surface area (Å²) in [6.45, 7) is 4.31. The van der Waals surface area contributed by atoms with Crippen LogP contribution in [0.25, 0.3) is 0 Å². The highest BCUT2D eigenvalue weighted by Gasteiger charge is 2.45. The van der Waals surface area contributed by atoms with Crippen molar-refractivity contribution in [2.45, 2.75) is 63.8 Å². The molecule has 0 radical (unpaired) electrons. The Labute approximate surface area is 179 Å². The van der Waals surface area contributed by atoms with Crippen LogP contribution in [0.15, 0.2) is 34.9 Å². The number of carbonyl (C=O) groups is 1. The first kappa shape index (κ1) is 20.0. The predicted octanol–water partition coefficient (Wildman–Crippen LogP) is 5.99. The van der Waals surface area contributed by atoms with E-state index in [0.717, 1.165) is 47.1 Å². The molecule has 0 N–H and O–H groups in total. The molecule has 2 aliphatic rings. The number of amides is 1. The minimum Gasteiger partial charge on any atom is -0.381 e. The second-order valence-electron chi connectivity index (χ2n) is 8.06. The van der Waals surface area contributed by atoms with Crippen molar-refractivity contribution in [3.8, 4) is 0 Å². The summed E-state index contributed by atoms with van der Waals surface area (Å²) in [6, 6.07) is 10.3. The van der Waals surface area contributed by atoms with E-state index < -0.39 is 0 Å². The van der Waals surface area contributed by atoms with E-state index in [2.05, 4.69) is 51.4 Å². The molecule has 6 heteroatoms. The molecule has 150 valence electrons. The molecule has 1 fully saturated rings. The Bertz CT molecular complexity index is 869. The molecule has 1 saturated carbocycles. The van der Waals surface area contributed by atoms with Crippen molar-refractivity contribution >= 4 is 33.4 Å². The number of hydrogen-bond donors (Lipinski definition) is 0. The lowest BCUT2D eigenvalue weighted by Crippen LogP contribution is -2.42. The highest BCUT2D eigenvalue weighted by atomic mass is 79.9. The van der Waals surface area contributed by atoms with Gasteiger partial charge >= 0.3 is 0 Å². The van der Waals surface area contributed by atoms with E-state index >= 15 is 0 Å². The lowest BCUT2D eigenvalue weighted by atomic mass is 9.90. The maximum Gasteiger partial charge on any atom is 0.256 e. The van der Waals surface area contributed by atoms with Crippen molar-refractivity contribution in [3.05, 3.63) is 56.8 Å². The summed E-state index contributed by atoms with van der Waals surface area (Å²) in [5, 5.41) is 0.709. The summed E-state index contributed by atoms with van der Waals surface area (Å²) in [4.78, 5) is 15.6. The molecule has 1 aromatic heterocycles. The van der Waals surface area contributed by atoms with Crippen LogP contribution in [0.3, 0.4) is 0 Å². The number of ether oxygens (including phenoxy) is 1. The Morgan fingerprint density at radius 2 is 1.79 bits per heavy atom. The van der Waals surface area contributed by atoms with E-state index in [4.69, 9.17) is 16.3 Å². The van der Waals surface area contributed by atoms with Crippen LogP contribution in [-0.4, -0.2) is 34.6 Å². The van der Waals surface area contributed by atoms with Gasteiger partial charge in [0.1, 0.15) is 0 Å². The number of methoxy groups -OCH3 is 1. The van der Waals surface area contributed by atoms with Crippen LogP contribution in [0.1, 0.15) is 73.2 Å². The molecule has 2 aromatic rings. The number of carbonyl (C=O) groups excluding carboxylic acids is 1. The molecule has 1 atom stereocenters. The number of benzene rings is 1. The Hall–Kier alpha value is -1.30. The average molecular weight is 466 g/mol. The van der Waals surface area contributed by atoms with Crippen molar-refractivity contribution in [2.24, 2.45) is 0 Å². The molecule has 1 unspecified atom stereocenters. The highest BCUT2D eigenvalue weighted by Crippen LogP contribution is 2.46. The topological polar surface area (TPSA) is 34.5 Å². The van der Waals surface area contributed by atoms with Gasteiger partial charge in [0.15, 0.2) is 0 Å². The standard InChI is InChI=1S/C22H26BrClN2O2/c1-13(2)25-19(23)12-18-21(25)20(14-4-6-15(24)7-5-14)26(22(18)27)16-8-10-17(28-3)11-9-16/h4-7,12-13,16-17,20H,8-11H2,1-3H3/t16-,17-,20?. The van der Waals surface area contributed by atoms with Gasteiger partial charge in [-0.05, 0) is 79.2 Å². The second-order valence-corrected chi connectivity index (χ2v) is 9.31. The summed E-state index contributed by atoms with van der Waals surface area (Å²) in [7, 11) is 1.78. The van der Waals surface area contributed by atoms with Crippen LogP contribution in [0, 0.1) is 0 Å². The van der Waals surface area contributed by atoms with Crippen LogP contribution in [0.4, 0.5) is 0 Å². The summed E-state index contributed by atoms with van der Waals surface area (Å²) in [5.74, 6) is 0.135. The van der Waals surface area contributed by atoms with Crippen LogP contribution in [0.5, 0.6) is 0 Å². The largest absolute Gasteiger partial charge is 0.381 e. The van der Waals surface area contributed by atoms with Gasteiger partial charge in [-0.1, -0.05) is 23.7 Å². The van der Waals surface area contributed by atoms with E-state index in [9.17, 15) is 4.79 Å². The van der Waals surface area contributed by atoms with E-state index in [1.54, 1.807) is 7.11 Å². The number of nitrogens with zero attached hydrogens (tertiary/aromatic N) is 2. The molecule has 1 aliphatic carbocycles. The van der Waals surface area contributed by atoms with Crippen molar-refractivity contribution in [1.82, 2.24) is 9.47 Å². The zero-order chi connectivity index (χ0) is 20.0. The number of rotatable bonds is 4. The number of hydrogen-bond acceptors (Lipinski definition) is 2. The van der Waals surface area contributed by atoms with Gasteiger partial charge in [0, 0.05) is 24.2 Å². The fourth-order valence-corrected chi connectivity index (χ4v) is 5.73. The third-order valence-electron chi connectivity index (χ3n) is 6.10. The Morgan fingerprint density at radius 3 is 2.36 bits per heavy atom. The highest BCUT2D eigenvalue weighted by molar-refractivity contribution is 9.10. The monoisotopic (exact) mass is 464 g/mol. The van der Waals surface area contributed by atoms with Crippen LogP contribution in [0.2, 0.25) is 5.02 Å². The van der Waals surface area contributed by atoms with E-state index in [0.29, 0.717) is 11.1 Å². The maximum absolute atomic E-state index is 13.5. The number of halogens is 2. The normalized spacial score (nSPS) is 24.9. The average Bonchev–Trinajstić information content (AvgIpc) is 3.16.